The van der Waals surface area contributed by atoms with Crippen LogP contribution in [0.15, 0.2) is 53.9 Å². The number of hydrogen-bond acceptors (Lipinski definition) is 5. The Bertz CT molecular complexity index is 937. The average molecular weight is 379 g/mol. The molecule has 1 aromatic heterocycles. The highest BCUT2D eigenvalue weighted by Crippen LogP contribution is 2.25. The van der Waals surface area contributed by atoms with Crippen LogP contribution in [0.1, 0.15) is 11.1 Å². The quantitative estimate of drug-likeness (QED) is 0.746. The SMILES string of the molecule is Cc1ccc(-c2csc(NC(=O)CN3CCOc4ccccc4C3)n2)cc1. The van der Waals surface area contributed by atoms with Gasteiger partial charge in [-0.05, 0) is 13.0 Å². The van der Waals surface area contributed by atoms with Gasteiger partial charge in [0.15, 0.2) is 5.13 Å². The number of anilines is 1. The number of nitrogens with one attached hydrogen (secondary N) is 1. The van der Waals surface area contributed by atoms with Crippen LogP contribution in [0.3, 0.4) is 0 Å². The van der Waals surface area contributed by atoms with Crippen molar-refractivity contribution in [2.45, 2.75) is 13.5 Å². The van der Waals surface area contributed by atoms with Crippen molar-refractivity contribution in [1.82, 2.24) is 9.88 Å². The highest BCUT2D eigenvalue weighted by Gasteiger charge is 2.18. The summed E-state index contributed by atoms with van der Waals surface area (Å²) in [6.07, 6.45) is 0. The number of aryl methyl sites for hydroxylation is 1. The highest BCUT2D eigenvalue weighted by molar-refractivity contribution is 7.14. The lowest BCUT2D eigenvalue weighted by atomic mass is 10.1. The second kappa shape index (κ2) is 7.90. The zero-order chi connectivity index (χ0) is 18.6. The zero-order valence-corrected chi connectivity index (χ0v) is 16.0. The fraction of sp³-hybridized carbons (Fsp3) is 0.238. The normalized spacial score (nSPS) is 14.1. The van der Waals surface area contributed by atoms with E-state index in [0.717, 1.165) is 22.6 Å². The van der Waals surface area contributed by atoms with E-state index in [9.17, 15) is 4.79 Å². The smallest absolute Gasteiger partial charge is 0.240 e. The van der Waals surface area contributed by atoms with E-state index in [1.807, 2.05) is 41.8 Å². The molecule has 0 saturated heterocycles. The maximum atomic E-state index is 12.5. The van der Waals surface area contributed by atoms with Crippen molar-refractivity contribution >= 4 is 22.4 Å². The fourth-order valence-corrected chi connectivity index (χ4v) is 3.80. The lowest BCUT2D eigenvalue weighted by Gasteiger charge is -2.18. The van der Waals surface area contributed by atoms with Crippen LogP contribution in [0.4, 0.5) is 5.13 Å². The van der Waals surface area contributed by atoms with Crippen LogP contribution in [-0.2, 0) is 11.3 Å². The Labute approximate surface area is 162 Å². The summed E-state index contributed by atoms with van der Waals surface area (Å²) in [5, 5.41) is 5.52. The minimum Gasteiger partial charge on any atom is -0.492 e. The lowest BCUT2D eigenvalue weighted by molar-refractivity contribution is -0.117. The molecular weight excluding hydrogens is 358 g/mol. The molecule has 1 N–H and O–H groups in total. The summed E-state index contributed by atoms with van der Waals surface area (Å²) in [5.74, 6) is 0.849. The molecule has 0 fully saturated rings. The molecule has 138 valence electrons. The Hall–Kier alpha value is -2.70. The minimum absolute atomic E-state index is 0.0563. The lowest BCUT2D eigenvalue weighted by Crippen LogP contribution is -2.34. The predicted molar refractivity (Wildman–Crippen MR) is 108 cm³/mol. The van der Waals surface area contributed by atoms with E-state index >= 15 is 0 Å². The topological polar surface area (TPSA) is 54.5 Å². The van der Waals surface area contributed by atoms with E-state index in [1.54, 1.807) is 0 Å². The van der Waals surface area contributed by atoms with E-state index in [1.165, 1.54) is 16.9 Å². The molecule has 0 saturated carbocycles. The van der Waals surface area contributed by atoms with Gasteiger partial charge in [-0.1, -0.05) is 48.0 Å². The molecule has 3 aromatic rings. The van der Waals surface area contributed by atoms with Crippen molar-refractivity contribution in [3.05, 3.63) is 65.0 Å². The third kappa shape index (κ3) is 4.35. The average Bonchev–Trinajstić information content (AvgIpc) is 3.02. The summed E-state index contributed by atoms with van der Waals surface area (Å²) >= 11 is 1.45. The first kappa shape index (κ1) is 17.7. The molecule has 0 radical (unpaired) electrons. The maximum absolute atomic E-state index is 12.5. The molecular formula is C21H21N3O2S. The fourth-order valence-electron chi connectivity index (χ4n) is 3.06. The van der Waals surface area contributed by atoms with Gasteiger partial charge < -0.3 is 10.1 Å². The molecule has 2 aromatic carbocycles. The van der Waals surface area contributed by atoms with Gasteiger partial charge in [-0.25, -0.2) is 4.98 Å². The number of amides is 1. The number of carbonyl (C=O) groups is 1. The van der Waals surface area contributed by atoms with Crippen LogP contribution < -0.4 is 10.1 Å². The number of hydrogen-bond donors (Lipinski definition) is 1. The third-order valence-corrected chi connectivity index (χ3v) is 5.25. The first-order valence-electron chi connectivity index (χ1n) is 8.93. The summed E-state index contributed by atoms with van der Waals surface area (Å²) < 4.78 is 5.76. The van der Waals surface area contributed by atoms with Crippen molar-refractivity contribution in [3.8, 4) is 17.0 Å². The third-order valence-electron chi connectivity index (χ3n) is 4.50. The number of fused-ring (bicyclic) bond motifs is 1. The zero-order valence-electron chi connectivity index (χ0n) is 15.1. The monoisotopic (exact) mass is 379 g/mol. The van der Waals surface area contributed by atoms with Gasteiger partial charge in [-0.3, -0.25) is 9.69 Å². The number of thiazole rings is 1. The van der Waals surface area contributed by atoms with Crippen molar-refractivity contribution in [2.75, 3.05) is 25.0 Å². The van der Waals surface area contributed by atoms with E-state index in [4.69, 9.17) is 4.74 Å². The molecule has 5 nitrogen and oxygen atoms in total. The number of rotatable bonds is 4. The van der Waals surface area contributed by atoms with Gasteiger partial charge in [0, 0.05) is 29.6 Å². The molecule has 1 aliphatic heterocycles. The molecule has 0 atom stereocenters. The van der Waals surface area contributed by atoms with Crippen molar-refractivity contribution in [3.63, 3.8) is 0 Å². The summed E-state index contributed by atoms with van der Waals surface area (Å²) in [6, 6.07) is 16.2. The Morgan fingerprint density at radius 2 is 2.04 bits per heavy atom. The molecule has 6 heteroatoms. The summed E-state index contributed by atoms with van der Waals surface area (Å²) in [4.78, 5) is 19.1. The van der Waals surface area contributed by atoms with E-state index in [-0.39, 0.29) is 5.91 Å². The van der Waals surface area contributed by atoms with Crippen molar-refractivity contribution < 1.29 is 9.53 Å². The predicted octanol–water partition coefficient (Wildman–Crippen LogP) is 3.95. The molecule has 0 spiro atoms. The van der Waals surface area contributed by atoms with E-state index in [2.05, 4.69) is 34.3 Å². The molecule has 0 bridgehead atoms. The van der Waals surface area contributed by atoms with Crippen LogP contribution in [0.25, 0.3) is 11.3 Å². The van der Waals surface area contributed by atoms with Crippen LogP contribution in [0, 0.1) is 6.92 Å². The molecule has 27 heavy (non-hydrogen) atoms. The summed E-state index contributed by atoms with van der Waals surface area (Å²) in [7, 11) is 0. The van der Waals surface area contributed by atoms with E-state index in [0.29, 0.717) is 31.4 Å². The van der Waals surface area contributed by atoms with Gasteiger partial charge in [-0.15, -0.1) is 11.3 Å². The molecule has 1 aliphatic rings. The van der Waals surface area contributed by atoms with Crippen LogP contribution in [-0.4, -0.2) is 35.5 Å². The number of nitrogens with zero attached hydrogens (tertiary/aromatic N) is 2. The molecule has 2 heterocycles. The Kier molecular flexibility index (Phi) is 5.18. The Morgan fingerprint density at radius 3 is 2.89 bits per heavy atom. The number of carbonyl (C=O) groups excluding carboxylic acids is 1. The molecule has 0 aliphatic carbocycles. The van der Waals surface area contributed by atoms with Gasteiger partial charge >= 0.3 is 0 Å². The van der Waals surface area contributed by atoms with Gasteiger partial charge in [0.05, 0.1) is 12.2 Å². The largest absolute Gasteiger partial charge is 0.492 e. The van der Waals surface area contributed by atoms with Crippen molar-refractivity contribution in [1.29, 1.82) is 0 Å². The van der Waals surface area contributed by atoms with Crippen LogP contribution >= 0.6 is 11.3 Å². The summed E-state index contributed by atoms with van der Waals surface area (Å²) in [5.41, 5.74) is 4.26. The van der Waals surface area contributed by atoms with Gasteiger partial charge in [0.2, 0.25) is 5.91 Å². The first-order chi connectivity index (χ1) is 13.2. The summed E-state index contributed by atoms with van der Waals surface area (Å²) in [6.45, 7) is 4.38. The van der Waals surface area contributed by atoms with E-state index < -0.39 is 0 Å². The standard InChI is InChI=1S/C21H21N3O2S/c1-15-6-8-16(9-7-15)18-14-27-21(22-18)23-20(25)13-24-10-11-26-19-5-3-2-4-17(19)12-24/h2-9,14H,10-13H2,1H3,(H,22,23,25). The first-order valence-corrected chi connectivity index (χ1v) is 9.81. The second-order valence-corrected chi connectivity index (χ2v) is 7.48. The highest BCUT2D eigenvalue weighted by atomic mass is 32.1. The number of ether oxygens (including phenoxy) is 1. The maximum Gasteiger partial charge on any atom is 0.240 e. The van der Waals surface area contributed by atoms with Gasteiger partial charge in [0.1, 0.15) is 12.4 Å². The number of benzene rings is 2. The number of para-hydroxylation sites is 1. The van der Waals surface area contributed by atoms with Crippen molar-refractivity contribution in [2.24, 2.45) is 0 Å². The van der Waals surface area contributed by atoms with Gasteiger partial charge in [0.25, 0.3) is 0 Å². The Balaban J connectivity index is 1.38. The molecule has 4 rings (SSSR count). The second-order valence-electron chi connectivity index (χ2n) is 6.62. The van der Waals surface area contributed by atoms with Crippen LogP contribution in [0.5, 0.6) is 5.75 Å². The number of aromatic nitrogens is 1. The minimum atomic E-state index is -0.0563. The molecule has 0 unspecified atom stereocenters. The van der Waals surface area contributed by atoms with Gasteiger partial charge in [-0.2, -0.15) is 0 Å². The van der Waals surface area contributed by atoms with Crippen LogP contribution in [0.2, 0.25) is 0 Å². The Morgan fingerprint density at radius 1 is 1.22 bits per heavy atom. The molecule has 1 amide bonds.